The third-order valence-electron chi connectivity index (χ3n) is 9.91. The molecule has 5 heteroatoms. The number of fused-ring (bicyclic) bond motifs is 3. The minimum atomic E-state index is 0.700. The van der Waals surface area contributed by atoms with Gasteiger partial charge in [-0.2, -0.15) is 0 Å². The molecule has 0 fully saturated rings. The van der Waals surface area contributed by atoms with E-state index in [1.165, 1.54) is 20.2 Å². The summed E-state index contributed by atoms with van der Waals surface area (Å²) in [6, 6.07) is 67.4. The number of hydrogen-bond donors (Lipinski definition) is 0. The zero-order chi connectivity index (χ0) is 36.6. The largest absolute Gasteiger partial charge is 0.228 e. The summed E-state index contributed by atoms with van der Waals surface area (Å²) in [6.07, 6.45) is 0. The van der Waals surface area contributed by atoms with Crippen LogP contribution in [0.1, 0.15) is 0 Å². The summed E-state index contributed by atoms with van der Waals surface area (Å²) >= 11 is 1.80. The topological polar surface area (TPSA) is 51.6 Å². The summed E-state index contributed by atoms with van der Waals surface area (Å²) in [5.74, 6) is 1.41. The number of rotatable bonds is 7. The van der Waals surface area contributed by atoms with E-state index in [1.54, 1.807) is 11.3 Å². The van der Waals surface area contributed by atoms with E-state index in [2.05, 4.69) is 121 Å². The van der Waals surface area contributed by atoms with Crippen molar-refractivity contribution in [2.75, 3.05) is 0 Å². The summed E-state index contributed by atoms with van der Waals surface area (Å²) in [5, 5.41) is 2.45. The van der Waals surface area contributed by atoms with Gasteiger partial charge in [0.15, 0.2) is 11.6 Å². The van der Waals surface area contributed by atoms with Gasteiger partial charge < -0.3 is 0 Å². The van der Waals surface area contributed by atoms with Crippen LogP contribution in [-0.4, -0.2) is 19.9 Å². The standard InChI is InChI=1S/C50H32N4S/c1-5-14-33(15-6-1)43-31-44(34-16-7-2-8-17-34)52-49(51-43)39-23-13-22-37(28-39)38-25-27-47-42(29-38)41-26-24-40(30-48(41)55-47)50-53-45(35-18-9-3-10-19-35)32-46(54-50)36-20-11-4-12-21-36/h1-32H. The number of benzene rings is 7. The lowest BCUT2D eigenvalue weighted by atomic mass is 10.00. The fourth-order valence-electron chi connectivity index (χ4n) is 7.11. The molecule has 0 aliphatic rings. The molecule has 3 heterocycles. The molecule has 0 saturated heterocycles. The third kappa shape index (κ3) is 6.48. The summed E-state index contributed by atoms with van der Waals surface area (Å²) in [5.41, 5.74) is 12.1. The van der Waals surface area contributed by atoms with E-state index < -0.39 is 0 Å². The van der Waals surface area contributed by atoms with Crippen LogP contribution in [0, 0.1) is 0 Å². The van der Waals surface area contributed by atoms with Gasteiger partial charge in [0.25, 0.3) is 0 Å². The van der Waals surface area contributed by atoms with Gasteiger partial charge in [-0.15, -0.1) is 11.3 Å². The maximum atomic E-state index is 5.08. The Morgan fingerprint density at radius 3 is 1.15 bits per heavy atom. The molecule has 0 unspecified atom stereocenters. The number of aromatic nitrogens is 4. The number of nitrogens with zero attached hydrogens (tertiary/aromatic N) is 4. The number of thiophene rings is 1. The van der Waals surface area contributed by atoms with E-state index in [4.69, 9.17) is 19.9 Å². The molecule has 258 valence electrons. The Hall–Kier alpha value is -7.08. The first kappa shape index (κ1) is 32.6. The zero-order valence-electron chi connectivity index (χ0n) is 29.7. The molecule has 0 aliphatic heterocycles. The first-order valence-corrected chi connectivity index (χ1v) is 19.1. The normalized spacial score (nSPS) is 11.3. The Bertz CT molecular complexity index is 2850. The minimum Gasteiger partial charge on any atom is -0.228 e. The molecule has 0 saturated carbocycles. The van der Waals surface area contributed by atoms with Gasteiger partial charge in [-0.1, -0.05) is 158 Å². The van der Waals surface area contributed by atoms with Crippen LogP contribution in [0.5, 0.6) is 0 Å². The SMILES string of the molecule is c1ccc(-c2cc(-c3ccccc3)nc(-c3cccc(-c4ccc5sc6cc(-c7nc(-c8ccccc8)cc(-c8ccccc8)n7)ccc6c5c4)c3)n2)cc1. The fraction of sp³-hybridized carbons (Fsp3) is 0. The lowest BCUT2D eigenvalue weighted by Gasteiger charge is -2.10. The highest BCUT2D eigenvalue weighted by Gasteiger charge is 2.15. The van der Waals surface area contributed by atoms with E-state index >= 15 is 0 Å². The lowest BCUT2D eigenvalue weighted by molar-refractivity contribution is 1.18. The third-order valence-corrected chi connectivity index (χ3v) is 11.0. The fourth-order valence-corrected chi connectivity index (χ4v) is 8.24. The molecule has 0 aliphatic carbocycles. The molecule has 10 aromatic rings. The van der Waals surface area contributed by atoms with Crippen molar-refractivity contribution in [1.82, 2.24) is 19.9 Å². The second kappa shape index (κ2) is 14.0. The van der Waals surface area contributed by atoms with Gasteiger partial charge in [-0.05, 0) is 47.5 Å². The van der Waals surface area contributed by atoms with Gasteiger partial charge in [0.1, 0.15) is 0 Å². The second-order valence-electron chi connectivity index (χ2n) is 13.5. The van der Waals surface area contributed by atoms with Crippen molar-refractivity contribution in [2.24, 2.45) is 0 Å². The van der Waals surface area contributed by atoms with Crippen molar-refractivity contribution in [3.05, 3.63) is 194 Å². The molecule has 55 heavy (non-hydrogen) atoms. The molecule has 0 amide bonds. The predicted molar refractivity (Wildman–Crippen MR) is 229 cm³/mol. The molecule has 0 spiro atoms. The highest BCUT2D eigenvalue weighted by molar-refractivity contribution is 7.25. The summed E-state index contributed by atoms with van der Waals surface area (Å²) in [4.78, 5) is 20.3. The van der Waals surface area contributed by atoms with Crippen molar-refractivity contribution in [3.8, 4) is 78.9 Å². The first-order chi connectivity index (χ1) is 27.2. The molecule has 0 radical (unpaired) electrons. The average Bonchev–Trinajstić information content (AvgIpc) is 3.64. The van der Waals surface area contributed by atoms with Crippen molar-refractivity contribution < 1.29 is 0 Å². The van der Waals surface area contributed by atoms with Crippen LogP contribution < -0.4 is 0 Å². The van der Waals surface area contributed by atoms with Gasteiger partial charge in [0.05, 0.1) is 22.8 Å². The Morgan fingerprint density at radius 2 is 0.655 bits per heavy atom. The molecular formula is C50H32N4S. The van der Waals surface area contributed by atoms with Gasteiger partial charge in [0, 0.05) is 53.6 Å². The monoisotopic (exact) mass is 720 g/mol. The van der Waals surface area contributed by atoms with Crippen LogP contribution in [0.4, 0.5) is 0 Å². The minimum absolute atomic E-state index is 0.700. The Labute approximate surface area is 323 Å². The van der Waals surface area contributed by atoms with E-state index in [1.807, 2.05) is 72.8 Å². The van der Waals surface area contributed by atoms with Crippen LogP contribution >= 0.6 is 11.3 Å². The maximum Gasteiger partial charge on any atom is 0.160 e. The van der Waals surface area contributed by atoms with Gasteiger partial charge >= 0.3 is 0 Å². The molecule has 10 rings (SSSR count). The number of hydrogen-bond acceptors (Lipinski definition) is 5. The zero-order valence-corrected chi connectivity index (χ0v) is 30.5. The van der Waals surface area contributed by atoms with Crippen molar-refractivity contribution in [2.45, 2.75) is 0 Å². The maximum absolute atomic E-state index is 5.08. The van der Waals surface area contributed by atoms with E-state index in [9.17, 15) is 0 Å². The van der Waals surface area contributed by atoms with Crippen LogP contribution in [0.25, 0.3) is 99.1 Å². The average molecular weight is 721 g/mol. The molecular weight excluding hydrogens is 689 g/mol. The second-order valence-corrected chi connectivity index (χ2v) is 14.6. The van der Waals surface area contributed by atoms with Crippen LogP contribution in [0.3, 0.4) is 0 Å². The van der Waals surface area contributed by atoms with Crippen LogP contribution in [-0.2, 0) is 0 Å². The Morgan fingerprint density at radius 1 is 0.255 bits per heavy atom. The molecule has 7 aromatic carbocycles. The molecule has 0 N–H and O–H groups in total. The van der Waals surface area contributed by atoms with Crippen molar-refractivity contribution in [1.29, 1.82) is 0 Å². The van der Waals surface area contributed by atoms with E-state index in [0.29, 0.717) is 11.6 Å². The predicted octanol–water partition coefficient (Wildman–Crippen LogP) is 13.3. The summed E-state index contributed by atoms with van der Waals surface area (Å²) in [7, 11) is 0. The smallest absolute Gasteiger partial charge is 0.160 e. The quantitative estimate of drug-likeness (QED) is 0.164. The highest BCUT2D eigenvalue weighted by Crippen LogP contribution is 2.39. The highest BCUT2D eigenvalue weighted by atomic mass is 32.1. The lowest BCUT2D eigenvalue weighted by Crippen LogP contribution is -1.96. The van der Waals surface area contributed by atoms with Crippen molar-refractivity contribution >= 4 is 31.5 Å². The van der Waals surface area contributed by atoms with E-state index in [-0.39, 0.29) is 0 Å². The van der Waals surface area contributed by atoms with Gasteiger partial charge in [-0.3, -0.25) is 0 Å². The molecule has 0 bridgehead atoms. The molecule has 0 atom stereocenters. The Balaban J connectivity index is 1.03. The van der Waals surface area contributed by atoms with Gasteiger partial charge in [-0.25, -0.2) is 19.9 Å². The van der Waals surface area contributed by atoms with E-state index in [0.717, 1.165) is 67.3 Å². The summed E-state index contributed by atoms with van der Waals surface area (Å²) < 4.78 is 2.44. The van der Waals surface area contributed by atoms with Gasteiger partial charge in [0.2, 0.25) is 0 Å². The first-order valence-electron chi connectivity index (χ1n) is 18.3. The van der Waals surface area contributed by atoms with Crippen molar-refractivity contribution in [3.63, 3.8) is 0 Å². The van der Waals surface area contributed by atoms with Crippen LogP contribution in [0.15, 0.2) is 194 Å². The molecule has 4 nitrogen and oxygen atoms in total. The molecule has 3 aromatic heterocycles. The van der Waals surface area contributed by atoms with Crippen LogP contribution in [0.2, 0.25) is 0 Å². The Kier molecular flexibility index (Phi) is 8.32. The summed E-state index contributed by atoms with van der Waals surface area (Å²) in [6.45, 7) is 0.